The van der Waals surface area contributed by atoms with E-state index in [0.717, 1.165) is 5.56 Å². The second-order valence-corrected chi connectivity index (χ2v) is 7.87. The zero-order valence-corrected chi connectivity index (χ0v) is 18.4. The van der Waals surface area contributed by atoms with Crippen LogP contribution in [0.1, 0.15) is 5.56 Å². The van der Waals surface area contributed by atoms with E-state index < -0.39 is 5.91 Å². The van der Waals surface area contributed by atoms with Crippen molar-refractivity contribution in [2.75, 3.05) is 13.4 Å². The molecule has 0 unspecified atom stereocenters. The second-order valence-electron chi connectivity index (χ2n) is 4.99. The van der Waals surface area contributed by atoms with Crippen LogP contribution in [0.4, 0.5) is 0 Å². The Kier molecular flexibility index (Phi) is 6.44. The van der Waals surface area contributed by atoms with Gasteiger partial charge in [-0.15, -0.1) is 0 Å². The summed E-state index contributed by atoms with van der Waals surface area (Å²) in [4.78, 5) is 11.9. The molecule has 0 aromatic heterocycles. The normalized spacial score (nSPS) is 12.5. The third kappa shape index (κ3) is 4.51. The molecule has 0 saturated carbocycles. The number of rotatable bonds is 5. The van der Waals surface area contributed by atoms with Crippen molar-refractivity contribution in [2.45, 2.75) is 0 Å². The summed E-state index contributed by atoms with van der Waals surface area (Å²) < 4.78 is 17.9. The summed E-state index contributed by atoms with van der Waals surface area (Å²) in [6.45, 7) is -0.0250. The molecule has 0 bridgehead atoms. The van der Waals surface area contributed by atoms with E-state index in [2.05, 4.69) is 58.3 Å². The van der Waals surface area contributed by atoms with E-state index in [9.17, 15) is 4.79 Å². The molecule has 2 aromatic rings. The van der Waals surface area contributed by atoms with Crippen LogP contribution in [0, 0.1) is 0 Å². The number of benzene rings is 2. The van der Waals surface area contributed by atoms with Crippen molar-refractivity contribution in [1.82, 2.24) is 5.43 Å². The maximum Gasteiger partial charge on any atom is 0.277 e. The Morgan fingerprint density at radius 1 is 1.23 bits per heavy atom. The highest BCUT2D eigenvalue weighted by Crippen LogP contribution is 2.42. The van der Waals surface area contributed by atoms with Gasteiger partial charge in [-0.3, -0.25) is 4.79 Å². The van der Waals surface area contributed by atoms with E-state index >= 15 is 0 Å². The summed E-state index contributed by atoms with van der Waals surface area (Å²) in [5.74, 6) is 1.34. The molecule has 3 rings (SSSR count). The minimum absolute atomic E-state index is 0.204. The number of hydrazone groups is 1. The summed E-state index contributed by atoms with van der Waals surface area (Å²) in [7, 11) is 0. The molecule has 0 saturated heterocycles. The standard InChI is InChI=1S/C16H10Br3ClN2O4/c17-9-4-10(18)16(14(19)15(9)20)24-6-13(23)22-21-5-8-1-2-11-12(3-8)26-7-25-11/h1-5H,6-7H2,(H,22,23). The number of nitrogens with one attached hydrogen (secondary N) is 1. The molecule has 136 valence electrons. The zero-order valence-electron chi connectivity index (χ0n) is 12.9. The molecular formula is C16H10Br3ClN2O4. The molecule has 0 radical (unpaired) electrons. The predicted octanol–water partition coefficient (Wildman–Crippen LogP) is 4.89. The van der Waals surface area contributed by atoms with Crippen molar-refractivity contribution >= 4 is 71.5 Å². The van der Waals surface area contributed by atoms with Gasteiger partial charge in [-0.1, -0.05) is 11.6 Å². The van der Waals surface area contributed by atoms with Gasteiger partial charge in [-0.2, -0.15) is 5.10 Å². The summed E-state index contributed by atoms with van der Waals surface area (Å²) in [5.41, 5.74) is 3.16. The van der Waals surface area contributed by atoms with Crippen LogP contribution in [-0.4, -0.2) is 25.5 Å². The van der Waals surface area contributed by atoms with Gasteiger partial charge in [0.25, 0.3) is 5.91 Å². The van der Waals surface area contributed by atoms with Crippen LogP contribution in [0.5, 0.6) is 17.2 Å². The van der Waals surface area contributed by atoms with E-state index in [1.54, 1.807) is 24.3 Å². The van der Waals surface area contributed by atoms with Crippen molar-refractivity contribution in [3.8, 4) is 17.2 Å². The van der Waals surface area contributed by atoms with Crippen LogP contribution in [0.25, 0.3) is 0 Å². The fourth-order valence-electron chi connectivity index (χ4n) is 2.02. The number of hydrogen-bond donors (Lipinski definition) is 1. The summed E-state index contributed by atoms with van der Waals surface area (Å²) in [5, 5.41) is 4.35. The molecule has 0 fully saturated rings. The van der Waals surface area contributed by atoms with E-state index in [0.29, 0.717) is 35.7 Å². The number of amides is 1. The lowest BCUT2D eigenvalue weighted by molar-refractivity contribution is -0.123. The van der Waals surface area contributed by atoms with Crippen LogP contribution >= 0.6 is 59.4 Å². The fraction of sp³-hybridized carbons (Fsp3) is 0.125. The van der Waals surface area contributed by atoms with Crippen LogP contribution in [0.15, 0.2) is 42.8 Å². The molecule has 1 aliphatic rings. The highest BCUT2D eigenvalue weighted by Gasteiger charge is 2.15. The Labute approximate surface area is 179 Å². The number of carbonyl (C=O) groups is 1. The fourth-order valence-corrected chi connectivity index (χ4v) is 4.51. The Hall–Kier alpha value is -1.29. The van der Waals surface area contributed by atoms with Crippen LogP contribution < -0.4 is 19.6 Å². The Morgan fingerprint density at radius 2 is 2.00 bits per heavy atom. The third-order valence-electron chi connectivity index (χ3n) is 3.22. The molecular weight excluding hydrogens is 559 g/mol. The van der Waals surface area contributed by atoms with Crippen LogP contribution in [0.2, 0.25) is 5.02 Å². The molecule has 1 aliphatic heterocycles. The van der Waals surface area contributed by atoms with Gasteiger partial charge in [0.1, 0.15) is 5.75 Å². The minimum atomic E-state index is -0.417. The molecule has 0 atom stereocenters. The van der Waals surface area contributed by atoms with Crippen LogP contribution in [-0.2, 0) is 4.79 Å². The molecule has 26 heavy (non-hydrogen) atoms. The molecule has 0 aliphatic carbocycles. The topological polar surface area (TPSA) is 69.2 Å². The summed E-state index contributed by atoms with van der Waals surface area (Å²) in [6.07, 6.45) is 1.50. The second kappa shape index (κ2) is 8.60. The van der Waals surface area contributed by atoms with E-state index in [4.69, 9.17) is 25.8 Å². The molecule has 6 nitrogen and oxygen atoms in total. The van der Waals surface area contributed by atoms with Crippen molar-refractivity contribution in [2.24, 2.45) is 5.10 Å². The first-order chi connectivity index (χ1) is 12.5. The number of halogens is 4. The van der Waals surface area contributed by atoms with Gasteiger partial charge in [0.2, 0.25) is 6.79 Å². The SMILES string of the molecule is O=C(COc1c(Br)cc(Br)c(Cl)c1Br)NN=Cc1ccc2c(c1)OCO2. The van der Waals surface area contributed by atoms with Gasteiger partial charge in [0, 0.05) is 4.47 Å². The lowest BCUT2D eigenvalue weighted by Crippen LogP contribution is -2.24. The van der Waals surface area contributed by atoms with Crippen molar-refractivity contribution in [3.63, 3.8) is 0 Å². The maximum atomic E-state index is 11.9. The lowest BCUT2D eigenvalue weighted by atomic mass is 10.2. The molecule has 1 amide bonds. The van der Waals surface area contributed by atoms with Gasteiger partial charge in [-0.05, 0) is 77.6 Å². The number of carbonyl (C=O) groups excluding carboxylic acids is 1. The smallest absolute Gasteiger partial charge is 0.277 e. The summed E-state index contributed by atoms with van der Waals surface area (Å²) in [6, 6.07) is 7.09. The van der Waals surface area contributed by atoms with Gasteiger partial charge in [0.15, 0.2) is 18.1 Å². The van der Waals surface area contributed by atoms with Gasteiger partial charge in [-0.25, -0.2) is 5.43 Å². The monoisotopic (exact) mass is 566 g/mol. The van der Waals surface area contributed by atoms with Crippen molar-refractivity contribution in [3.05, 3.63) is 48.3 Å². The average Bonchev–Trinajstić information content (AvgIpc) is 3.07. The highest BCUT2D eigenvalue weighted by atomic mass is 79.9. The number of ether oxygens (including phenoxy) is 3. The molecule has 10 heteroatoms. The Morgan fingerprint density at radius 3 is 2.81 bits per heavy atom. The quantitative estimate of drug-likeness (QED) is 0.241. The lowest BCUT2D eigenvalue weighted by Gasteiger charge is -2.11. The van der Waals surface area contributed by atoms with E-state index in [-0.39, 0.29) is 13.4 Å². The molecule has 2 aromatic carbocycles. The van der Waals surface area contributed by atoms with Gasteiger partial charge >= 0.3 is 0 Å². The van der Waals surface area contributed by atoms with E-state index in [1.807, 2.05) is 0 Å². The largest absolute Gasteiger partial charge is 0.481 e. The first-order valence-electron chi connectivity index (χ1n) is 7.13. The number of hydrogen-bond acceptors (Lipinski definition) is 5. The van der Waals surface area contributed by atoms with Gasteiger partial charge in [0.05, 0.1) is 20.2 Å². The number of nitrogens with zero attached hydrogens (tertiary/aromatic N) is 1. The minimum Gasteiger partial charge on any atom is -0.481 e. The molecule has 0 spiro atoms. The first-order valence-corrected chi connectivity index (χ1v) is 9.88. The number of fused-ring (bicyclic) bond motifs is 1. The molecule has 1 heterocycles. The third-order valence-corrected chi connectivity index (χ3v) is 6.04. The Bertz CT molecular complexity index is 892. The molecule has 1 N–H and O–H groups in total. The highest BCUT2D eigenvalue weighted by molar-refractivity contribution is 9.11. The Balaban J connectivity index is 1.56. The average molecular weight is 569 g/mol. The van der Waals surface area contributed by atoms with Crippen molar-refractivity contribution < 1.29 is 19.0 Å². The zero-order chi connectivity index (χ0) is 18.7. The first kappa shape index (κ1) is 19.5. The predicted molar refractivity (Wildman–Crippen MR) is 108 cm³/mol. The van der Waals surface area contributed by atoms with Crippen LogP contribution in [0.3, 0.4) is 0 Å². The maximum absolute atomic E-state index is 11.9. The van der Waals surface area contributed by atoms with Crippen molar-refractivity contribution in [1.29, 1.82) is 0 Å². The van der Waals surface area contributed by atoms with Gasteiger partial charge < -0.3 is 14.2 Å². The van der Waals surface area contributed by atoms with E-state index in [1.165, 1.54) is 6.21 Å². The summed E-state index contributed by atoms with van der Waals surface area (Å²) >= 11 is 16.1.